The van der Waals surface area contributed by atoms with Crippen LogP contribution in [0.4, 0.5) is 4.39 Å². The minimum Gasteiger partial charge on any atom is -0.298 e. The van der Waals surface area contributed by atoms with Crippen molar-refractivity contribution in [2.75, 3.05) is 5.75 Å². The van der Waals surface area contributed by atoms with Gasteiger partial charge in [-0.1, -0.05) is 60.3 Å². The van der Waals surface area contributed by atoms with Crippen LogP contribution in [0.2, 0.25) is 0 Å². The third-order valence-electron chi connectivity index (χ3n) is 3.57. The van der Waals surface area contributed by atoms with E-state index >= 15 is 0 Å². The summed E-state index contributed by atoms with van der Waals surface area (Å²) in [5.74, 6) is 0.00911. The maximum Gasteiger partial charge on any atom is 0.192 e. The Labute approximate surface area is 149 Å². The van der Waals surface area contributed by atoms with E-state index in [1.165, 1.54) is 23.9 Å². The summed E-state index contributed by atoms with van der Waals surface area (Å²) < 4.78 is 15.6. The molecule has 0 N–H and O–H groups in total. The second-order valence-corrected chi connectivity index (χ2v) is 6.21. The van der Waals surface area contributed by atoms with E-state index in [9.17, 15) is 9.18 Å². The molecular formula is C19H16FN3OS. The van der Waals surface area contributed by atoms with Gasteiger partial charge in [0, 0.05) is 12.1 Å². The van der Waals surface area contributed by atoms with Gasteiger partial charge in [0.05, 0.1) is 11.3 Å². The van der Waals surface area contributed by atoms with Gasteiger partial charge in [-0.25, -0.2) is 4.39 Å². The summed E-state index contributed by atoms with van der Waals surface area (Å²) >= 11 is 1.24. The molecule has 4 nitrogen and oxygen atoms in total. The summed E-state index contributed by atoms with van der Waals surface area (Å²) in [4.78, 5) is 12.2. The molecule has 0 saturated carbocycles. The maximum absolute atomic E-state index is 13.7. The molecule has 0 radical (unpaired) electrons. The predicted molar refractivity (Wildman–Crippen MR) is 97.1 cm³/mol. The Balaban J connectivity index is 1.81. The number of nitrogens with zero attached hydrogens (tertiary/aromatic N) is 3. The van der Waals surface area contributed by atoms with Gasteiger partial charge >= 0.3 is 0 Å². The molecule has 0 aliphatic heterocycles. The van der Waals surface area contributed by atoms with E-state index in [-0.39, 0.29) is 17.1 Å². The number of halogens is 1. The van der Waals surface area contributed by atoms with Gasteiger partial charge in [-0.05, 0) is 12.1 Å². The van der Waals surface area contributed by atoms with E-state index in [2.05, 4.69) is 16.8 Å². The quantitative estimate of drug-likeness (QED) is 0.362. The highest BCUT2D eigenvalue weighted by molar-refractivity contribution is 7.99. The number of carbonyl (C=O) groups excluding carboxylic acids is 1. The standard InChI is InChI=1S/C19H16FN3OS/c1-2-12-23-18(14-8-4-3-5-9-14)21-22-19(23)25-13-17(24)15-10-6-7-11-16(15)20/h2-11H,1,12-13H2. The Morgan fingerprint density at radius 2 is 1.84 bits per heavy atom. The van der Waals surface area contributed by atoms with E-state index in [1.807, 2.05) is 34.9 Å². The van der Waals surface area contributed by atoms with Crippen LogP contribution in [0.5, 0.6) is 0 Å². The molecule has 0 aliphatic rings. The number of hydrogen-bond donors (Lipinski definition) is 0. The van der Waals surface area contributed by atoms with Crippen LogP contribution in [0.1, 0.15) is 10.4 Å². The molecule has 25 heavy (non-hydrogen) atoms. The summed E-state index contributed by atoms with van der Waals surface area (Å²) in [5.41, 5.74) is 1.03. The lowest BCUT2D eigenvalue weighted by molar-refractivity contribution is 0.101. The molecule has 2 aromatic carbocycles. The zero-order valence-corrected chi connectivity index (χ0v) is 14.2. The molecule has 1 heterocycles. The first-order valence-corrected chi connectivity index (χ1v) is 8.69. The first kappa shape index (κ1) is 17.1. The van der Waals surface area contributed by atoms with Crippen molar-refractivity contribution in [3.63, 3.8) is 0 Å². The molecule has 3 aromatic rings. The lowest BCUT2D eigenvalue weighted by Crippen LogP contribution is -2.07. The first-order valence-electron chi connectivity index (χ1n) is 7.70. The van der Waals surface area contributed by atoms with Crippen LogP contribution in [0.3, 0.4) is 0 Å². The molecule has 1 aromatic heterocycles. The van der Waals surface area contributed by atoms with Crippen LogP contribution in [0.25, 0.3) is 11.4 Å². The molecule has 0 fully saturated rings. The lowest BCUT2D eigenvalue weighted by atomic mass is 10.1. The average molecular weight is 353 g/mol. The van der Waals surface area contributed by atoms with Crippen molar-refractivity contribution in [3.05, 3.63) is 78.6 Å². The first-order chi connectivity index (χ1) is 12.2. The molecular weight excluding hydrogens is 337 g/mol. The fourth-order valence-electron chi connectivity index (χ4n) is 2.39. The number of thioether (sulfide) groups is 1. The van der Waals surface area contributed by atoms with Crippen molar-refractivity contribution in [2.24, 2.45) is 0 Å². The Morgan fingerprint density at radius 3 is 2.56 bits per heavy atom. The topological polar surface area (TPSA) is 47.8 Å². The van der Waals surface area contributed by atoms with Gasteiger partial charge in [-0.15, -0.1) is 16.8 Å². The van der Waals surface area contributed by atoms with Gasteiger partial charge in [0.2, 0.25) is 0 Å². The Morgan fingerprint density at radius 1 is 1.12 bits per heavy atom. The number of benzene rings is 2. The number of carbonyl (C=O) groups is 1. The fraction of sp³-hybridized carbons (Fsp3) is 0.105. The van der Waals surface area contributed by atoms with Crippen molar-refractivity contribution >= 4 is 17.5 Å². The SMILES string of the molecule is C=CCn1c(SCC(=O)c2ccccc2F)nnc1-c1ccccc1. The van der Waals surface area contributed by atoms with E-state index in [4.69, 9.17) is 0 Å². The average Bonchev–Trinajstić information content (AvgIpc) is 3.04. The summed E-state index contributed by atoms with van der Waals surface area (Å²) in [6.07, 6.45) is 1.75. The molecule has 0 unspecified atom stereocenters. The van der Waals surface area contributed by atoms with Crippen molar-refractivity contribution < 1.29 is 9.18 Å². The number of rotatable bonds is 7. The minimum atomic E-state index is -0.509. The zero-order valence-electron chi connectivity index (χ0n) is 13.4. The summed E-state index contributed by atoms with van der Waals surface area (Å²) in [5, 5.41) is 9.01. The highest BCUT2D eigenvalue weighted by atomic mass is 32.2. The van der Waals surface area contributed by atoms with Crippen molar-refractivity contribution in [3.8, 4) is 11.4 Å². The molecule has 0 spiro atoms. The Hall–Kier alpha value is -2.73. The van der Waals surface area contributed by atoms with E-state index in [1.54, 1.807) is 18.2 Å². The van der Waals surface area contributed by atoms with Gasteiger partial charge in [0.1, 0.15) is 5.82 Å². The van der Waals surface area contributed by atoms with Gasteiger partial charge in [0.15, 0.2) is 16.8 Å². The van der Waals surface area contributed by atoms with Crippen LogP contribution in [0, 0.1) is 5.82 Å². The zero-order chi connectivity index (χ0) is 17.6. The second kappa shape index (κ2) is 7.90. The van der Waals surface area contributed by atoms with Gasteiger partial charge in [-0.3, -0.25) is 9.36 Å². The highest BCUT2D eigenvalue weighted by Crippen LogP contribution is 2.24. The number of ketones is 1. The highest BCUT2D eigenvalue weighted by Gasteiger charge is 2.16. The molecule has 6 heteroatoms. The fourth-order valence-corrected chi connectivity index (χ4v) is 3.22. The maximum atomic E-state index is 13.7. The number of allylic oxidation sites excluding steroid dienone is 1. The van der Waals surface area contributed by atoms with Gasteiger partial charge in [-0.2, -0.15) is 0 Å². The van der Waals surface area contributed by atoms with Gasteiger partial charge < -0.3 is 0 Å². The number of hydrogen-bond acceptors (Lipinski definition) is 4. The van der Waals surface area contributed by atoms with Crippen molar-refractivity contribution in [1.82, 2.24) is 14.8 Å². The number of aromatic nitrogens is 3. The largest absolute Gasteiger partial charge is 0.298 e. The van der Waals surface area contributed by atoms with Crippen LogP contribution < -0.4 is 0 Å². The molecule has 0 atom stereocenters. The normalized spacial score (nSPS) is 10.6. The molecule has 0 bridgehead atoms. The van der Waals surface area contributed by atoms with E-state index < -0.39 is 5.82 Å². The van der Waals surface area contributed by atoms with Gasteiger partial charge in [0.25, 0.3) is 0 Å². The smallest absolute Gasteiger partial charge is 0.192 e. The molecule has 0 saturated heterocycles. The summed E-state index contributed by atoms with van der Waals surface area (Å²) in [6, 6.07) is 15.7. The van der Waals surface area contributed by atoms with E-state index in [0.29, 0.717) is 17.5 Å². The van der Waals surface area contributed by atoms with Crippen LogP contribution in [0.15, 0.2) is 72.4 Å². The predicted octanol–water partition coefficient (Wildman–Crippen LogP) is 4.25. The Kier molecular flexibility index (Phi) is 5.40. The molecule has 0 amide bonds. The Bertz CT molecular complexity index is 893. The second-order valence-electron chi connectivity index (χ2n) is 5.26. The van der Waals surface area contributed by atoms with Crippen molar-refractivity contribution in [1.29, 1.82) is 0 Å². The lowest BCUT2D eigenvalue weighted by Gasteiger charge is -2.07. The summed E-state index contributed by atoms with van der Waals surface area (Å²) in [6.45, 7) is 4.28. The van der Waals surface area contributed by atoms with Crippen LogP contribution >= 0.6 is 11.8 Å². The van der Waals surface area contributed by atoms with Crippen LogP contribution in [-0.2, 0) is 6.54 Å². The third kappa shape index (κ3) is 3.85. The molecule has 0 aliphatic carbocycles. The van der Waals surface area contributed by atoms with E-state index in [0.717, 1.165) is 5.56 Å². The molecule has 126 valence electrons. The van der Waals surface area contributed by atoms with Crippen molar-refractivity contribution in [2.45, 2.75) is 11.7 Å². The summed E-state index contributed by atoms with van der Waals surface area (Å²) in [7, 11) is 0. The van der Waals surface area contributed by atoms with Crippen LogP contribution in [-0.4, -0.2) is 26.3 Å². The molecule has 3 rings (SSSR count). The monoisotopic (exact) mass is 353 g/mol. The third-order valence-corrected chi connectivity index (χ3v) is 4.53. The minimum absolute atomic E-state index is 0.0883. The number of Topliss-reactive ketones (excluding diaryl/α,β-unsaturated/α-hetero) is 1.